The number of rotatable bonds is 7. The standard InChI is InChI=1S/C24H26FN7O4/c1-16-18(6-14-36-16)22(34)30-20-15-17(3-4-19(20)25)29-24(35)28-9-5-21(33)31-10-12-32(13-11-31)23-26-7-2-8-27-23/h2-4,6-8,14-15H,5,9-13H2,1H3,(H,30,34)(H2,28,29,35). The quantitative estimate of drug-likeness (QED) is 0.459. The zero-order chi connectivity index (χ0) is 25.5. The maximum Gasteiger partial charge on any atom is 0.319 e. The first-order chi connectivity index (χ1) is 17.4. The number of nitrogens with zero attached hydrogens (tertiary/aromatic N) is 4. The molecule has 2 aromatic heterocycles. The molecule has 0 bridgehead atoms. The van der Waals surface area contributed by atoms with E-state index in [0.29, 0.717) is 37.9 Å². The van der Waals surface area contributed by atoms with Gasteiger partial charge in [0.05, 0.1) is 17.5 Å². The third kappa shape index (κ3) is 6.14. The predicted molar refractivity (Wildman–Crippen MR) is 130 cm³/mol. The molecule has 1 aliphatic heterocycles. The molecule has 4 amide bonds. The van der Waals surface area contributed by atoms with Crippen molar-refractivity contribution < 1.29 is 23.2 Å². The lowest BCUT2D eigenvalue weighted by molar-refractivity contribution is -0.131. The van der Waals surface area contributed by atoms with Crippen molar-refractivity contribution in [2.45, 2.75) is 13.3 Å². The third-order valence-electron chi connectivity index (χ3n) is 5.67. The monoisotopic (exact) mass is 495 g/mol. The van der Waals surface area contributed by atoms with E-state index < -0.39 is 17.8 Å². The normalized spacial score (nSPS) is 13.3. The van der Waals surface area contributed by atoms with Crippen LogP contribution in [0, 0.1) is 12.7 Å². The summed E-state index contributed by atoms with van der Waals surface area (Å²) in [5.74, 6) is -0.200. The number of anilines is 3. The van der Waals surface area contributed by atoms with Crippen LogP contribution in [0.5, 0.6) is 0 Å². The first-order valence-corrected chi connectivity index (χ1v) is 11.4. The minimum absolute atomic E-state index is 0.0646. The fourth-order valence-corrected chi connectivity index (χ4v) is 3.74. The first-order valence-electron chi connectivity index (χ1n) is 11.4. The molecule has 1 saturated heterocycles. The van der Waals surface area contributed by atoms with Crippen molar-refractivity contribution in [1.29, 1.82) is 0 Å². The molecule has 36 heavy (non-hydrogen) atoms. The highest BCUT2D eigenvalue weighted by Crippen LogP contribution is 2.21. The van der Waals surface area contributed by atoms with Crippen LogP contribution < -0.4 is 20.9 Å². The van der Waals surface area contributed by atoms with E-state index >= 15 is 0 Å². The molecule has 1 fully saturated rings. The molecule has 1 aliphatic rings. The molecule has 188 valence electrons. The van der Waals surface area contributed by atoms with Gasteiger partial charge >= 0.3 is 6.03 Å². The van der Waals surface area contributed by atoms with Crippen LogP contribution in [-0.2, 0) is 4.79 Å². The molecule has 0 saturated carbocycles. The fraction of sp³-hybridized carbons (Fsp3) is 0.292. The topological polar surface area (TPSA) is 133 Å². The van der Waals surface area contributed by atoms with Gasteiger partial charge < -0.3 is 30.2 Å². The van der Waals surface area contributed by atoms with E-state index in [-0.39, 0.29) is 35.8 Å². The second-order valence-electron chi connectivity index (χ2n) is 8.09. The molecule has 1 aromatic carbocycles. The summed E-state index contributed by atoms with van der Waals surface area (Å²) in [6.07, 6.45) is 4.88. The number of halogens is 1. The number of piperazine rings is 1. The number of benzene rings is 1. The lowest BCUT2D eigenvalue weighted by Gasteiger charge is -2.34. The number of carbonyl (C=O) groups is 3. The van der Waals surface area contributed by atoms with Crippen molar-refractivity contribution in [3.05, 3.63) is 66.1 Å². The summed E-state index contributed by atoms with van der Waals surface area (Å²) in [5.41, 5.74) is 0.470. The van der Waals surface area contributed by atoms with E-state index in [4.69, 9.17) is 4.42 Å². The second kappa shape index (κ2) is 11.3. The summed E-state index contributed by atoms with van der Waals surface area (Å²) >= 11 is 0. The number of aryl methyl sites for hydroxylation is 1. The van der Waals surface area contributed by atoms with Gasteiger partial charge in [-0.25, -0.2) is 19.2 Å². The van der Waals surface area contributed by atoms with E-state index in [2.05, 4.69) is 25.9 Å². The Bertz CT molecular complexity index is 1230. The second-order valence-corrected chi connectivity index (χ2v) is 8.09. The number of aromatic nitrogens is 2. The number of furan rings is 1. The number of nitrogens with one attached hydrogen (secondary N) is 3. The van der Waals surface area contributed by atoms with E-state index in [1.54, 1.807) is 30.3 Å². The van der Waals surface area contributed by atoms with Crippen molar-refractivity contribution in [2.75, 3.05) is 48.3 Å². The van der Waals surface area contributed by atoms with E-state index in [1.807, 2.05) is 4.90 Å². The van der Waals surface area contributed by atoms with Crippen LogP contribution in [0.1, 0.15) is 22.5 Å². The van der Waals surface area contributed by atoms with Gasteiger partial charge in [0, 0.05) is 57.2 Å². The van der Waals surface area contributed by atoms with Crippen LogP contribution >= 0.6 is 0 Å². The number of carbonyl (C=O) groups excluding carboxylic acids is 3. The van der Waals surface area contributed by atoms with Crippen molar-refractivity contribution in [3.63, 3.8) is 0 Å². The van der Waals surface area contributed by atoms with Gasteiger partial charge in [0.2, 0.25) is 11.9 Å². The molecule has 0 radical (unpaired) electrons. The van der Waals surface area contributed by atoms with Crippen LogP contribution in [-0.4, -0.2) is 65.4 Å². The van der Waals surface area contributed by atoms with Crippen molar-refractivity contribution in [1.82, 2.24) is 20.2 Å². The van der Waals surface area contributed by atoms with Gasteiger partial charge in [0.15, 0.2) is 0 Å². The predicted octanol–water partition coefficient (Wildman–Crippen LogP) is 2.63. The minimum atomic E-state index is -0.653. The van der Waals surface area contributed by atoms with Crippen LogP contribution in [0.4, 0.5) is 26.5 Å². The van der Waals surface area contributed by atoms with Gasteiger partial charge in [-0.05, 0) is 37.3 Å². The number of hydrogen-bond donors (Lipinski definition) is 3. The van der Waals surface area contributed by atoms with Crippen molar-refractivity contribution in [3.8, 4) is 0 Å². The lowest BCUT2D eigenvalue weighted by atomic mass is 10.2. The SMILES string of the molecule is Cc1occc1C(=O)Nc1cc(NC(=O)NCCC(=O)N2CCN(c3ncccn3)CC2)ccc1F. The molecule has 0 atom stereocenters. The summed E-state index contributed by atoms with van der Waals surface area (Å²) in [6, 6.07) is 6.50. The molecule has 3 N–H and O–H groups in total. The molecule has 0 unspecified atom stereocenters. The van der Waals surface area contributed by atoms with Crippen LogP contribution in [0.2, 0.25) is 0 Å². The average Bonchev–Trinajstić information content (AvgIpc) is 3.32. The molecule has 0 spiro atoms. The molecule has 3 aromatic rings. The summed E-state index contributed by atoms with van der Waals surface area (Å²) in [5, 5.41) is 7.66. The first kappa shape index (κ1) is 24.6. The Labute approximate surface area is 206 Å². The van der Waals surface area contributed by atoms with Crippen LogP contribution in [0.25, 0.3) is 0 Å². The zero-order valence-electron chi connectivity index (χ0n) is 19.7. The molecular weight excluding hydrogens is 469 g/mol. The van der Waals surface area contributed by atoms with Gasteiger partial charge in [0.25, 0.3) is 5.91 Å². The van der Waals surface area contributed by atoms with Crippen molar-refractivity contribution in [2.24, 2.45) is 0 Å². The molecule has 3 heterocycles. The Balaban J connectivity index is 1.21. The zero-order valence-corrected chi connectivity index (χ0v) is 19.7. The van der Waals surface area contributed by atoms with Gasteiger partial charge in [-0.1, -0.05) is 0 Å². The van der Waals surface area contributed by atoms with Crippen molar-refractivity contribution >= 4 is 35.2 Å². The maximum absolute atomic E-state index is 14.2. The molecule has 12 heteroatoms. The van der Waals surface area contributed by atoms with E-state index in [0.717, 1.165) is 6.07 Å². The Morgan fingerprint density at radius 2 is 1.81 bits per heavy atom. The van der Waals surface area contributed by atoms with E-state index in [9.17, 15) is 18.8 Å². The largest absolute Gasteiger partial charge is 0.469 e. The number of amides is 4. The van der Waals surface area contributed by atoms with Crippen LogP contribution in [0.15, 0.2) is 53.4 Å². The minimum Gasteiger partial charge on any atom is -0.469 e. The Kier molecular flexibility index (Phi) is 7.73. The maximum atomic E-state index is 14.2. The highest BCUT2D eigenvalue weighted by atomic mass is 19.1. The Morgan fingerprint density at radius 3 is 2.50 bits per heavy atom. The highest BCUT2D eigenvalue weighted by Gasteiger charge is 2.22. The highest BCUT2D eigenvalue weighted by molar-refractivity contribution is 6.05. The molecule has 11 nitrogen and oxygen atoms in total. The van der Waals surface area contributed by atoms with Gasteiger partial charge in [-0.15, -0.1) is 0 Å². The van der Waals surface area contributed by atoms with Gasteiger partial charge in [-0.3, -0.25) is 9.59 Å². The third-order valence-corrected chi connectivity index (χ3v) is 5.67. The summed E-state index contributed by atoms with van der Waals surface area (Å²) in [6.45, 7) is 4.12. The fourth-order valence-electron chi connectivity index (χ4n) is 3.74. The van der Waals surface area contributed by atoms with E-state index in [1.165, 1.54) is 24.5 Å². The Hall–Kier alpha value is -4.48. The Morgan fingerprint density at radius 1 is 1.06 bits per heavy atom. The lowest BCUT2D eigenvalue weighted by Crippen LogP contribution is -2.49. The van der Waals surface area contributed by atoms with Gasteiger partial charge in [-0.2, -0.15) is 0 Å². The summed E-state index contributed by atoms with van der Waals surface area (Å²) < 4.78 is 19.3. The van der Waals surface area contributed by atoms with Crippen LogP contribution in [0.3, 0.4) is 0 Å². The molecular formula is C24H26FN7O4. The summed E-state index contributed by atoms with van der Waals surface area (Å²) in [7, 11) is 0. The smallest absolute Gasteiger partial charge is 0.319 e. The summed E-state index contributed by atoms with van der Waals surface area (Å²) in [4.78, 5) is 49.3. The number of hydrogen-bond acceptors (Lipinski definition) is 7. The van der Waals surface area contributed by atoms with Gasteiger partial charge in [0.1, 0.15) is 11.6 Å². The average molecular weight is 496 g/mol. The molecule has 0 aliphatic carbocycles. The number of urea groups is 1. The molecule has 4 rings (SSSR count).